The van der Waals surface area contributed by atoms with Crippen LogP contribution in [0.4, 0.5) is 0 Å². The SMILES string of the molecule is CCCc1nsc(OC2CCCC(N)C2)n1. The van der Waals surface area contributed by atoms with Crippen molar-refractivity contribution in [3.05, 3.63) is 5.82 Å². The highest BCUT2D eigenvalue weighted by Gasteiger charge is 2.21. The Morgan fingerprint density at radius 1 is 1.50 bits per heavy atom. The highest BCUT2D eigenvalue weighted by molar-refractivity contribution is 7.07. The van der Waals surface area contributed by atoms with Crippen molar-refractivity contribution < 1.29 is 4.74 Å². The van der Waals surface area contributed by atoms with Crippen molar-refractivity contribution in [2.45, 2.75) is 57.6 Å². The molecule has 2 unspecified atom stereocenters. The molecule has 5 heteroatoms. The lowest BCUT2D eigenvalue weighted by atomic mass is 9.94. The summed E-state index contributed by atoms with van der Waals surface area (Å²) in [6.07, 6.45) is 6.57. The molecule has 0 amide bonds. The molecule has 16 heavy (non-hydrogen) atoms. The van der Waals surface area contributed by atoms with Gasteiger partial charge in [-0.25, -0.2) is 0 Å². The lowest BCUT2D eigenvalue weighted by Crippen LogP contribution is -2.33. The van der Waals surface area contributed by atoms with E-state index in [-0.39, 0.29) is 6.10 Å². The maximum Gasteiger partial charge on any atom is 0.293 e. The molecular weight excluding hydrogens is 222 g/mol. The van der Waals surface area contributed by atoms with Crippen molar-refractivity contribution in [1.82, 2.24) is 9.36 Å². The summed E-state index contributed by atoms with van der Waals surface area (Å²) in [6, 6.07) is 0.293. The van der Waals surface area contributed by atoms with E-state index in [0.717, 1.165) is 44.3 Å². The molecule has 1 aliphatic rings. The van der Waals surface area contributed by atoms with Crippen molar-refractivity contribution in [3.8, 4) is 5.19 Å². The van der Waals surface area contributed by atoms with E-state index in [1.54, 1.807) is 0 Å². The number of aromatic nitrogens is 2. The van der Waals surface area contributed by atoms with Crippen LogP contribution in [0.15, 0.2) is 0 Å². The van der Waals surface area contributed by atoms with Crippen LogP contribution in [0.2, 0.25) is 0 Å². The summed E-state index contributed by atoms with van der Waals surface area (Å²) in [7, 11) is 0. The molecule has 1 aromatic rings. The van der Waals surface area contributed by atoms with Crippen molar-refractivity contribution in [3.63, 3.8) is 0 Å². The zero-order valence-corrected chi connectivity index (χ0v) is 10.5. The minimum Gasteiger partial charge on any atom is -0.466 e. The van der Waals surface area contributed by atoms with Gasteiger partial charge in [-0.3, -0.25) is 0 Å². The Kier molecular flexibility index (Phi) is 4.12. The van der Waals surface area contributed by atoms with E-state index in [9.17, 15) is 0 Å². The quantitative estimate of drug-likeness (QED) is 0.877. The molecule has 1 aliphatic carbocycles. The molecule has 90 valence electrons. The third-order valence-corrected chi connectivity index (χ3v) is 3.50. The minimum absolute atomic E-state index is 0.242. The molecule has 0 spiro atoms. The number of ether oxygens (including phenoxy) is 1. The first kappa shape index (κ1) is 11.8. The second kappa shape index (κ2) is 5.59. The fourth-order valence-electron chi connectivity index (χ4n) is 2.04. The molecule has 0 aliphatic heterocycles. The monoisotopic (exact) mass is 241 g/mol. The average Bonchev–Trinajstić information content (AvgIpc) is 2.66. The van der Waals surface area contributed by atoms with Gasteiger partial charge in [0.25, 0.3) is 5.19 Å². The summed E-state index contributed by atoms with van der Waals surface area (Å²) in [5.74, 6) is 0.905. The van der Waals surface area contributed by atoms with E-state index in [2.05, 4.69) is 16.3 Å². The Morgan fingerprint density at radius 3 is 3.12 bits per heavy atom. The summed E-state index contributed by atoms with van der Waals surface area (Å²) < 4.78 is 10.1. The third-order valence-electron chi connectivity index (χ3n) is 2.86. The predicted molar refractivity (Wildman–Crippen MR) is 64.8 cm³/mol. The number of aryl methyl sites for hydroxylation is 1. The molecule has 0 radical (unpaired) electrons. The Morgan fingerprint density at radius 2 is 2.38 bits per heavy atom. The predicted octanol–water partition coefficient (Wildman–Crippen LogP) is 2.14. The molecule has 2 N–H and O–H groups in total. The van der Waals surface area contributed by atoms with Gasteiger partial charge in [0, 0.05) is 24.0 Å². The molecule has 0 aromatic carbocycles. The Labute approximate surface area is 100 Å². The first-order valence-corrected chi connectivity index (χ1v) is 6.80. The van der Waals surface area contributed by atoms with Crippen LogP contribution in [-0.4, -0.2) is 21.5 Å². The summed E-state index contributed by atoms with van der Waals surface area (Å²) in [5, 5.41) is 0.711. The van der Waals surface area contributed by atoms with Gasteiger partial charge in [0.2, 0.25) is 0 Å². The molecule has 2 rings (SSSR count). The van der Waals surface area contributed by atoms with Crippen molar-refractivity contribution in [1.29, 1.82) is 0 Å². The standard InChI is InChI=1S/C11H19N3OS/c1-2-4-10-13-11(16-14-10)15-9-6-3-5-8(12)7-9/h8-9H,2-7,12H2,1H3. The minimum atomic E-state index is 0.242. The van der Waals surface area contributed by atoms with Gasteiger partial charge in [-0.05, 0) is 32.1 Å². The number of rotatable bonds is 4. The van der Waals surface area contributed by atoms with Gasteiger partial charge in [0.05, 0.1) is 0 Å². The van der Waals surface area contributed by atoms with Gasteiger partial charge >= 0.3 is 0 Å². The number of nitrogens with two attached hydrogens (primary N) is 1. The van der Waals surface area contributed by atoms with E-state index < -0.39 is 0 Å². The summed E-state index contributed by atoms with van der Waals surface area (Å²) >= 11 is 1.36. The van der Waals surface area contributed by atoms with Crippen LogP contribution >= 0.6 is 11.5 Å². The summed E-state index contributed by atoms with van der Waals surface area (Å²) in [4.78, 5) is 4.36. The Hall–Kier alpha value is -0.680. The lowest BCUT2D eigenvalue weighted by Gasteiger charge is -2.25. The Bertz CT molecular complexity index is 329. The molecule has 2 atom stereocenters. The topological polar surface area (TPSA) is 61.0 Å². The Balaban J connectivity index is 1.87. The molecule has 0 bridgehead atoms. The van der Waals surface area contributed by atoms with Gasteiger partial charge in [-0.2, -0.15) is 9.36 Å². The molecular formula is C11H19N3OS. The van der Waals surface area contributed by atoms with Crippen LogP contribution in [0.3, 0.4) is 0 Å². The maximum atomic E-state index is 5.92. The second-order valence-corrected chi connectivity index (χ2v) is 5.11. The number of nitrogens with zero attached hydrogens (tertiary/aromatic N) is 2. The van der Waals surface area contributed by atoms with Gasteiger partial charge in [-0.15, -0.1) is 0 Å². The second-order valence-electron chi connectivity index (χ2n) is 4.39. The fraction of sp³-hybridized carbons (Fsp3) is 0.818. The molecule has 1 saturated carbocycles. The highest BCUT2D eigenvalue weighted by atomic mass is 32.1. The van der Waals surface area contributed by atoms with Crippen molar-refractivity contribution >= 4 is 11.5 Å². The van der Waals surface area contributed by atoms with E-state index in [0.29, 0.717) is 11.2 Å². The van der Waals surface area contributed by atoms with E-state index in [1.807, 2.05) is 0 Å². The molecule has 4 nitrogen and oxygen atoms in total. The normalized spacial score (nSPS) is 25.6. The van der Waals surface area contributed by atoms with Crippen LogP contribution in [0, 0.1) is 0 Å². The highest BCUT2D eigenvalue weighted by Crippen LogP contribution is 2.24. The lowest BCUT2D eigenvalue weighted by molar-refractivity contribution is 0.144. The zero-order chi connectivity index (χ0) is 11.4. The van der Waals surface area contributed by atoms with Crippen LogP contribution in [0.1, 0.15) is 44.9 Å². The van der Waals surface area contributed by atoms with Crippen LogP contribution in [0.25, 0.3) is 0 Å². The molecule has 0 saturated heterocycles. The molecule has 1 aromatic heterocycles. The van der Waals surface area contributed by atoms with Crippen molar-refractivity contribution in [2.75, 3.05) is 0 Å². The zero-order valence-electron chi connectivity index (χ0n) is 9.69. The smallest absolute Gasteiger partial charge is 0.293 e. The number of hydrogen-bond donors (Lipinski definition) is 1. The van der Waals surface area contributed by atoms with Gasteiger partial charge in [0.1, 0.15) is 11.9 Å². The van der Waals surface area contributed by atoms with Crippen LogP contribution in [-0.2, 0) is 6.42 Å². The first-order chi connectivity index (χ1) is 7.78. The maximum absolute atomic E-state index is 5.92. The molecule has 1 fully saturated rings. The third kappa shape index (κ3) is 3.15. The average molecular weight is 241 g/mol. The van der Waals surface area contributed by atoms with Gasteiger partial charge in [-0.1, -0.05) is 6.92 Å². The van der Waals surface area contributed by atoms with Crippen LogP contribution in [0.5, 0.6) is 5.19 Å². The largest absolute Gasteiger partial charge is 0.466 e. The molecule has 1 heterocycles. The number of hydrogen-bond acceptors (Lipinski definition) is 5. The van der Waals surface area contributed by atoms with Crippen LogP contribution < -0.4 is 10.5 Å². The first-order valence-electron chi connectivity index (χ1n) is 6.02. The van der Waals surface area contributed by atoms with Gasteiger partial charge < -0.3 is 10.5 Å². The van der Waals surface area contributed by atoms with E-state index in [4.69, 9.17) is 10.5 Å². The van der Waals surface area contributed by atoms with E-state index in [1.165, 1.54) is 11.5 Å². The van der Waals surface area contributed by atoms with E-state index >= 15 is 0 Å². The van der Waals surface area contributed by atoms with Gasteiger partial charge in [0.15, 0.2) is 0 Å². The van der Waals surface area contributed by atoms with Crippen molar-refractivity contribution in [2.24, 2.45) is 5.73 Å². The fourth-order valence-corrected chi connectivity index (χ4v) is 2.68. The summed E-state index contributed by atoms with van der Waals surface area (Å²) in [5.41, 5.74) is 5.92. The summed E-state index contributed by atoms with van der Waals surface area (Å²) in [6.45, 7) is 2.13.